The highest BCUT2D eigenvalue weighted by atomic mass is 79.9. The molecule has 1 aliphatic rings. The molecule has 112 valence electrons. The van der Waals surface area contributed by atoms with Crippen LogP contribution >= 0.6 is 15.9 Å². The quantitative estimate of drug-likeness (QED) is 0.719. The van der Waals surface area contributed by atoms with Gasteiger partial charge in [0.05, 0.1) is 6.61 Å². The van der Waals surface area contributed by atoms with Crippen LogP contribution in [0.3, 0.4) is 0 Å². The number of nitrogens with one attached hydrogen (secondary N) is 1. The van der Waals surface area contributed by atoms with Crippen molar-refractivity contribution in [1.82, 2.24) is 5.32 Å². The highest BCUT2D eigenvalue weighted by molar-refractivity contribution is 9.10. The lowest BCUT2D eigenvalue weighted by atomic mass is 9.57. The molecule has 0 aliphatic heterocycles. The van der Waals surface area contributed by atoms with Gasteiger partial charge in [0.25, 0.3) is 0 Å². The predicted octanol–water partition coefficient (Wildman–Crippen LogP) is 4.13. The minimum Gasteiger partial charge on any atom is -0.383 e. The van der Waals surface area contributed by atoms with Gasteiger partial charge in [0.1, 0.15) is 0 Å². The van der Waals surface area contributed by atoms with Gasteiger partial charge in [-0.25, -0.2) is 0 Å². The van der Waals surface area contributed by atoms with E-state index in [-0.39, 0.29) is 0 Å². The summed E-state index contributed by atoms with van der Waals surface area (Å²) in [5.41, 5.74) is 1.83. The van der Waals surface area contributed by atoms with E-state index in [1.54, 1.807) is 7.11 Å². The van der Waals surface area contributed by atoms with Crippen LogP contribution in [0.2, 0.25) is 0 Å². The molecular weight excluding hydrogens is 314 g/mol. The first kappa shape index (κ1) is 16.0. The molecular formula is C17H26BrNO. The molecule has 0 heterocycles. The van der Waals surface area contributed by atoms with E-state index in [9.17, 15) is 0 Å². The summed E-state index contributed by atoms with van der Waals surface area (Å²) >= 11 is 3.53. The Morgan fingerprint density at radius 3 is 2.60 bits per heavy atom. The summed E-state index contributed by atoms with van der Waals surface area (Å²) in [6.45, 7) is 5.08. The molecule has 0 saturated heterocycles. The van der Waals surface area contributed by atoms with E-state index in [0.717, 1.165) is 30.1 Å². The molecule has 1 saturated carbocycles. The normalized spacial score (nSPS) is 25.4. The first-order chi connectivity index (χ1) is 9.70. The molecule has 2 rings (SSSR count). The van der Waals surface area contributed by atoms with Crippen molar-refractivity contribution in [3.05, 3.63) is 34.3 Å². The average Bonchev–Trinajstić information content (AvgIpc) is 2.41. The standard InChI is InChI=1S/C17H26BrNO/c1-3-4-14-11-17(12-14,13-19-9-10-20-2)15-5-7-16(18)8-6-15/h5-8,14,19H,3-4,9-13H2,1-2H3. The van der Waals surface area contributed by atoms with Gasteiger partial charge in [0.15, 0.2) is 0 Å². The van der Waals surface area contributed by atoms with E-state index in [1.165, 1.54) is 31.2 Å². The molecule has 3 heteroatoms. The predicted molar refractivity (Wildman–Crippen MR) is 88.2 cm³/mol. The molecule has 2 nitrogen and oxygen atoms in total. The SMILES string of the molecule is CCCC1CC(CNCCOC)(c2ccc(Br)cc2)C1. The molecule has 0 unspecified atom stereocenters. The highest BCUT2D eigenvalue weighted by Crippen LogP contribution is 2.49. The smallest absolute Gasteiger partial charge is 0.0587 e. The molecule has 1 aromatic carbocycles. The van der Waals surface area contributed by atoms with Crippen LogP contribution in [0.25, 0.3) is 0 Å². The van der Waals surface area contributed by atoms with Gasteiger partial charge >= 0.3 is 0 Å². The van der Waals surface area contributed by atoms with Crippen molar-refractivity contribution in [2.24, 2.45) is 5.92 Å². The number of benzene rings is 1. The summed E-state index contributed by atoms with van der Waals surface area (Å²) in [6, 6.07) is 8.90. The van der Waals surface area contributed by atoms with Crippen molar-refractivity contribution in [3.63, 3.8) is 0 Å². The molecule has 20 heavy (non-hydrogen) atoms. The van der Waals surface area contributed by atoms with Crippen LogP contribution < -0.4 is 5.32 Å². The minimum absolute atomic E-state index is 0.342. The fourth-order valence-corrected chi connectivity index (χ4v) is 3.71. The molecule has 0 spiro atoms. The summed E-state index contributed by atoms with van der Waals surface area (Å²) < 4.78 is 6.28. The van der Waals surface area contributed by atoms with Gasteiger partial charge in [-0.15, -0.1) is 0 Å². The van der Waals surface area contributed by atoms with Crippen LogP contribution in [-0.4, -0.2) is 26.8 Å². The van der Waals surface area contributed by atoms with Gasteiger partial charge in [-0.2, -0.15) is 0 Å². The van der Waals surface area contributed by atoms with Crippen molar-refractivity contribution in [2.45, 2.75) is 38.0 Å². The van der Waals surface area contributed by atoms with E-state index in [1.807, 2.05) is 0 Å². The Bertz CT molecular complexity index is 398. The molecule has 0 amide bonds. The van der Waals surface area contributed by atoms with E-state index < -0.39 is 0 Å². The van der Waals surface area contributed by atoms with Crippen LogP contribution in [0.4, 0.5) is 0 Å². The fraction of sp³-hybridized carbons (Fsp3) is 0.647. The van der Waals surface area contributed by atoms with E-state index >= 15 is 0 Å². The monoisotopic (exact) mass is 339 g/mol. The summed E-state index contributed by atoms with van der Waals surface area (Å²) in [5.74, 6) is 0.910. The number of hydrogen-bond acceptors (Lipinski definition) is 2. The van der Waals surface area contributed by atoms with Gasteiger partial charge in [0, 0.05) is 30.1 Å². The third-order valence-corrected chi connectivity index (χ3v) is 4.99. The largest absolute Gasteiger partial charge is 0.383 e. The van der Waals surface area contributed by atoms with Crippen molar-refractivity contribution >= 4 is 15.9 Å². The molecule has 1 fully saturated rings. The summed E-state index contributed by atoms with van der Waals surface area (Å²) in [6.07, 6.45) is 5.32. The van der Waals surface area contributed by atoms with Crippen LogP contribution in [0, 0.1) is 5.92 Å². The Labute approximate surface area is 131 Å². The first-order valence-corrected chi connectivity index (χ1v) is 8.45. The Hall–Kier alpha value is -0.380. The van der Waals surface area contributed by atoms with Crippen molar-refractivity contribution in [3.8, 4) is 0 Å². The second kappa shape index (κ2) is 7.58. The van der Waals surface area contributed by atoms with E-state index in [4.69, 9.17) is 4.74 Å². The lowest BCUT2D eigenvalue weighted by Crippen LogP contribution is -2.49. The minimum atomic E-state index is 0.342. The molecule has 0 aromatic heterocycles. The van der Waals surface area contributed by atoms with Gasteiger partial charge < -0.3 is 10.1 Å². The molecule has 0 radical (unpaired) electrons. The summed E-state index contributed by atoms with van der Waals surface area (Å²) in [5, 5.41) is 3.57. The molecule has 1 aliphatic carbocycles. The maximum Gasteiger partial charge on any atom is 0.0587 e. The third-order valence-electron chi connectivity index (χ3n) is 4.46. The number of hydrogen-bond donors (Lipinski definition) is 1. The number of ether oxygens (including phenoxy) is 1. The van der Waals surface area contributed by atoms with Crippen molar-refractivity contribution in [2.75, 3.05) is 26.8 Å². The summed E-state index contributed by atoms with van der Waals surface area (Å²) in [7, 11) is 1.76. The van der Waals surface area contributed by atoms with Crippen LogP contribution in [-0.2, 0) is 10.2 Å². The zero-order valence-electron chi connectivity index (χ0n) is 12.6. The second-order valence-electron chi connectivity index (χ2n) is 6.02. The third kappa shape index (κ3) is 3.84. The Morgan fingerprint density at radius 2 is 2.00 bits per heavy atom. The van der Waals surface area contributed by atoms with Gasteiger partial charge in [-0.05, 0) is 36.5 Å². The summed E-state index contributed by atoms with van der Waals surface area (Å²) in [4.78, 5) is 0. The van der Waals surface area contributed by atoms with Gasteiger partial charge in [-0.1, -0.05) is 47.8 Å². The Balaban J connectivity index is 2.00. The second-order valence-corrected chi connectivity index (χ2v) is 6.94. The maximum absolute atomic E-state index is 5.12. The Morgan fingerprint density at radius 1 is 1.30 bits per heavy atom. The van der Waals surface area contributed by atoms with Crippen LogP contribution in [0.5, 0.6) is 0 Å². The topological polar surface area (TPSA) is 21.3 Å². The number of rotatable bonds is 8. The van der Waals surface area contributed by atoms with Crippen LogP contribution in [0.1, 0.15) is 38.2 Å². The Kier molecular flexibility index (Phi) is 6.06. The van der Waals surface area contributed by atoms with Gasteiger partial charge in [0.2, 0.25) is 0 Å². The molecule has 1 aromatic rings. The van der Waals surface area contributed by atoms with Crippen molar-refractivity contribution < 1.29 is 4.74 Å². The van der Waals surface area contributed by atoms with E-state index in [2.05, 4.69) is 52.4 Å². The fourth-order valence-electron chi connectivity index (χ4n) is 3.45. The maximum atomic E-state index is 5.12. The van der Waals surface area contributed by atoms with E-state index in [0.29, 0.717) is 5.41 Å². The number of halogens is 1. The van der Waals surface area contributed by atoms with Crippen LogP contribution in [0.15, 0.2) is 28.7 Å². The average molecular weight is 340 g/mol. The highest BCUT2D eigenvalue weighted by Gasteiger charge is 2.44. The zero-order chi connectivity index (χ0) is 14.4. The van der Waals surface area contributed by atoms with Crippen molar-refractivity contribution in [1.29, 1.82) is 0 Å². The zero-order valence-corrected chi connectivity index (χ0v) is 14.2. The molecule has 0 atom stereocenters. The number of methoxy groups -OCH3 is 1. The molecule has 1 N–H and O–H groups in total. The lowest BCUT2D eigenvalue weighted by Gasteiger charge is -2.49. The van der Waals surface area contributed by atoms with Gasteiger partial charge in [-0.3, -0.25) is 0 Å². The lowest BCUT2D eigenvalue weighted by molar-refractivity contribution is 0.123. The molecule has 0 bridgehead atoms. The first-order valence-electron chi connectivity index (χ1n) is 7.66.